The van der Waals surface area contributed by atoms with E-state index >= 15 is 0 Å². The van der Waals surface area contributed by atoms with Crippen LogP contribution in [0.1, 0.15) is 51.4 Å². The molecule has 0 aliphatic carbocycles. The van der Waals surface area contributed by atoms with E-state index in [1.54, 1.807) is 0 Å². The Hall–Kier alpha value is -2.21. The number of hydrogen-bond acceptors (Lipinski definition) is 13. The van der Waals surface area contributed by atoms with Crippen LogP contribution in [0.25, 0.3) is 0 Å². The summed E-state index contributed by atoms with van der Waals surface area (Å²) in [6, 6.07) is 0. The number of unbranched alkanes of at least 4 members (excludes halogenated alkanes) is 5. The van der Waals surface area contributed by atoms with E-state index in [2.05, 4.69) is 11.3 Å². The normalized spacial score (nSPS) is 10.3. The molecule has 15 heteroatoms. The lowest BCUT2D eigenvalue weighted by Crippen LogP contribution is -2.43. The van der Waals surface area contributed by atoms with Crippen molar-refractivity contribution in [3.63, 3.8) is 0 Å². The van der Waals surface area contributed by atoms with Gasteiger partial charge in [-0.25, -0.2) is 4.79 Å². The Bertz CT molecular complexity index is 542. The largest absolute Gasteiger partial charge is 0.481 e. The Kier molecular flexibility index (Phi) is 36.3. The van der Waals surface area contributed by atoms with Crippen LogP contribution >= 0.6 is 0 Å². The number of aliphatic hydroxyl groups is 6. The first-order chi connectivity index (χ1) is 17.5. The fourth-order valence-electron chi connectivity index (χ4n) is 2.40. The molecule has 0 aromatic carbocycles. The number of carboxylic acids is 2. The Balaban J connectivity index is -0.000000159. The molecule has 0 aromatic heterocycles. The lowest BCUT2D eigenvalue weighted by atomic mass is 9.91. The number of ether oxygens (including phenoxy) is 2. The Morgan fingerprint density at radius 2 is 0.923 bits per heavy atom. The molecule has 0 aliphatic rings. The van der Waals surface area contributed by atoms with Crippen molar-refractivity contribution in [2.75, 3.05) is 60.0 Å². The van der Waals surface area contributed by atoms with Gasteiger partial charge < -0.3 is 62.6 Å². The first kappa shape index (κ1) is 46.6. The molecule has 0 saturated carbocycles. The second kappa shape index (κ2) is 30.3. The minimum atomic E-state index is -1.16. The van der Waals surface area contributed by atoms with Gasteiger partial charge in [0.2, 0.25) is 0 Å². The SMILES string of the molecule is C=CC(=O)OC.N.N.O=C(O)CCCCCCCCC(=O)O.OCC(CO)(CO)COCC(CO)(CO)CO. The standard InChI is InChI=1S/C10H22O7.C10H18O4.C4H6O2.2H3N/c11-1-9(2-12,3-13)7-17-8-10(4-14,5-15)6-16;11-9(12)7-5-3-1-2-4-6-8-10(13)14;1-3-4(5)6-2;;/h11-16H,1-8H2;1-8H2,(H,11,12)(H,13,14);3H,1H2,2H3;2*1H3. The van der Waals surface area contributed by atoms with E-state index in [-0.39, 0.29) is 38.4 Å². The van der Waals surface area contributed by atoms with E-state index in [0.29, 0.717) is 0 Å². The van der Waals surface area contributed by atoms with Gasteiger partial charge in [0.05, 0.1) is 70.8 Å². The van der Waals surface area contributed by atoms with E-state index in [1.165, 1.54) is 7.11 Å². The summed E-state index contributed by atoms with van der Waals surface area (Å²) in [5.41, 5.74) is -2.32. The molecule has 0 heterocycles. The average Bonchev–Trinajstić information content (AvgIpc) is 2.91. The molecule has 0 atom stereocenters. The molecular formula is C24H52N2O13. The zero-order chi connectivity index (χ0) is 29.2. The van der Waals surface area contributed by atoms with E-state index in [0.717, 1.165) is 44.6 Å². The van der Waals surface area contributed by atoms with Crippen LogP contribution in [0, 0.1) is 10.8 Å². The number of methoxy groups -OCH3 is 1. The van der Waals surface area contributed by atoms with Crippen molar-refractivity contribution in [2.24, 2.45) is 10.8 Å². The topological polar surface area (TPSA) is 302 Å². The Morgan fingerprint density at radius 1 is 0.641 bits per heavy atom. The Labute approximate surface area is 230 Å². The van der Waals surface area contributed by atoms with Gasteiger partial charge in [0.25, 0.3) is 0 Å². The zero-order valence-corrected chi connectivity index (χ0v) is 23.1. The molecule has 0 saturated heterocycles. The van der Waals surface area contributed by atoms with Gasteiger partial charge in [0, 0.05) is 18.9 Å². The molecule has 236 valence electrons. The summed E-state index contributed by atoms with van der Waals surface area (Å²) in [6.07, 6.45) is 6.94. The van der Waals surface area contributed by atoms with Gasteiger partial charge in [-0.05, 0) is 12.8 Å². The molecule has 0 fully saturated rings. The molecule has 0 aliphatic heterocycles. The molecule has 0 unspecified atom stereocenters. The third-order valence-electron chi connectivity index (χ3n) is 5.23. The Morgan fingerprint density at radius 3 is 1.10 bits per heavy atom. The average molecular weight is 577 g/mol. The van der Waals surface area contributed by atoms with Gasteiger partial charge in [0.1, 0.15) is 0 Å². The third-order valence-corrected chi connectivity index (χ3v) is 5.23. The van der Waals surface area contributed by atoms with Crippen LogP contribution in [-0.4, -0.2) is 119 Å². The van der Waals surface area contributed by atoms with Crippen molar-refractivity contribution in [3.05, 3.63) is 12.7 Å². The van der Waals surface area contributed by atoms with Crippen molar-refractivity contribution < 1.29 is 64.7 Å². The quantitative estimate of drug-likeness (QED) is 0.0513. The monoisotopic (exact) mass is 576 g/mol. The fraction of sp³-hybridized carbons (Fsp3) is 0.792. The number of carbonyl (C=O) groups is 3. The van der Waals surface area contributed by atoms with Gasteiger partial charge in [-0.2, -0.15) is 0 Å². The highest BCUT2D eigenvalue weighted by Crippen LogP contribution is 2.19. The predicted octanol–water partition coefficient (Wildman–Crippen LogP) is -0.125. The predicted molar refractivity (Wildman–Crippen MR) is 143 cm³/mol. The summed E-state index contributed by atoms with van der Waals surface area (Å²) in [4.78, 5) is 30.1. The first-order valence-corrected chi connectivity index (χ1v) is 11.9. The number of aliphatic carboxylic acids is 2. The maximum atomic E-state index is 10.1. The second-order valence-corrected chi connectivity index (χ2v) is 8.58. The summed E-state index contributed by atoms with van der Waals surface area (Å²) in [6.45, 7) is 0.152. The molecule has 0 rings (SSSR count). The number of esters is 1. The highest BCUT2D eigenvalue weighted by atomic mass is 16.5. The number of hydrogen-bond donors (Lipinski definition) is 10. The highest BCUT2D eigenvalue weighted by molar-refractivity contribution is 5.80. The van der Waals surface area contributed by atoms with Crippen LogP contribution < -0.4 is 12.3 Å². The van der Waals surface area contributed by atoms with E-state index in [9.17, 15) is 14.4 Å². The van der Waals surface area contributed by atoms with Gasteiger partial charge in [-0.1, -0.05) is 32.3 Å². The molecule has 0 bridgehead atoms. The van der Waals surface area contributed by atoms with Crippen LogP contribution in [0.5, 0.6) is 0 Å². The molecule has 39 heavy (non-hydrogen) atoms. The minimum Gasteiger partial charge on any atom is -0.481 e. The fourth-order valence-corrected chi connectivity index (χ4v) is 2.40. The van der Waals surface area contributed by atoms with Gasteiger partial charge in [0.15, 0.2) is 0 Å². The molecule has 0 aromatic rings. The van der Waals surface area contributed by atoms with Crippen LogP contribution in [0.4, 0.5) is 0 Å². The summed E-state index contributed by atoms with van der Waals surface area (Å²) in [5, 5.41) is 70.9. The molecule has 15 nitrogen and oxygen atoms in total. The number of carboxylic acid groups (broad SMARTS) is 2. The number of aliphatic hydroxyl groups excluding tert-OH is 6. The third kappa shape index (κ3) is 27.2. The number of rotatable bonds is 20. The van der Waals surface area contributed by atoms with E-state index < -0.39 is 68.4 Å². The minimum absolute atomic E-state index is 0. The molecule has 0 radical (unpaired) electrons. The molecule has 14 N–H and O–H groups in total. The van der Waals surface area contributed by atoms with Crippen molar-refractivity contribution in [3.8, 4) is 0 Å². The maximum Gasteiger partial charge on any atom is 0.329 e. The van der Waals surface area contributed by atoms with Crippen LogP contribution in [0.2, 0.25) is 0 Å². The van der Waals surface area contributed by atoms with Crippen molar-refractivity contribution in [1.29, 1.82) is 0 Å². The van der Waals surface area contributed by atoms with E-state index in [1.807, 2.05) is 0 Å². The zero-order valence-electron chi connectivity index (χ0n) is 23.1. The smallest absolute Gasteiger partial charge is 0.329 e. The van der Waals surface area contributed by atoms with Gasteiger partial charge in [-0.3, -0.25) is 9.59 Å². The molecule has 0 amide bonds. The van der Waals surface area contributed by atoms with Crippen LogP contribution in [0.3, 0.4) is 0 Å². The van der Waals surface area contributed by atoms with Crippen molar-refractivity contribution in [2.45, 2.75) is 51.4 Å². The van der Waals surface area contributed by atoms with Crippen LogP contribution in [-0.2, 0) is 23.9 Å². The lowest BCUT2D eigenvalue weighted by Gasteiger charge is -2.31. The number of carbonyl (C=O) groups excluding carboxylic acids is 1. The van der Waals surface area contributed by atoms with Crippen molar-refractivity contribution >= 4 is 17.9 Å². The first-order valence-electron chi connectivity index (χ1n) is 11.9. The van der Waals surface area contributed by atoms with Gasteiger partial charge >= 0.3 is 17.9 Å². The van der Waals surface area contributed by atoms with Gasteiger partial charge in [-0.15, -0.1) is 0 Å². The second-order valence-electron chi connectivity index (χ2n) is 8.58. The van der Waals surface area contributed by atoms with Crippen LogP contribution in [0.15, 0.2) is 12.7 Å². The van der Waals surface area contributed by atoms with Crippen molar-refractivity contribution in [1.82, 2.24) is 12.3 Å². The highest BCUT2D eigenvalue weighted by Gasteiger charge is 2.32. The summed E-state index contributed by atoms with van der Waals surface area (Å²) in [7, 11) is 1.31. The summed E-state index contributed by atoms with van der Waals surface area (Å²) < 4.78 is 9.29. The maximum absolute atomic E-state index is 10.1. The lowest BCUT2D eigenvalue weighted by molar-refractivity contribution is -0.138. The molecular weight excluding hydrogens is 524 g/mol. The molecule has 0 spiro atoms. The van der Waals surface area contributed by atoms with E-state index in [4.69, 9.17) is 45.6 Å². The summed E-state index contributed by atoms with van der Waals surface area (Å²) >= 11 is 0. The summed E-state index contributed by atoms with van der Waals surface area (Å²) in [5.74, 6) is -1.87.